The molecule has 0 spiro atoms. The molecule has 0 saturated carbocycles. The van der Waals surface area contributed by atoms with Gasteiger partial charge in [0.15, 0.2) is 6.29 Å². The summed E-state index contributed by atoms with van der Waals surface area (Å²) in [5.41, 5.74) is 3.02. The van der Waals surface area contributed by atoms with Gasteiger partial charge in [-0.05, 0) is 30.4 Å². The first-order chi connectivity index (χ1) is 5.29. The van der Waals surface area contributed by atoms with E-state index in [1.54, 1.807) is 11.3 Å². The first-order valence-corrected chi connectivity index (χ1v) is 4.38. The Bertz CT molecular complexity index is 284. The second-order valence-electron chi connectivity index (χ2n) is 2.33. The van der Waals surface area contributed by atoms with Crippen molar-refractivity contribution in [3.63, 3.8) is 0 Å². The minimum absolute atomic E-state index is 0.797. The monoisotopic (exact) mass is 166 g/mol. The fourth-order valence-corrected chi connectivity index (χ4v) is 1.73. The van der Waals surface area contributed by atoms with Crippen LogP contribution >= 0.6 is 11.3 Å². The molecule has 1 rings (SSSR count). The first kappa shape index (κ1) is 8.21. The zero-order chi connectivity index (χ0) is 8.27. The van der Waals surface area contributed by atoms with Crippen molar-refractivity contribution in [2.24, 2.45) is 0 Å². The molecule has 1 heterocycles. The van der Waals surface area contributed by atoms with Gasteiger partial charge in [-0.15, -0.1) is 0 Å². The summed E-state index contributed by atoms with van der Waals surface area (Å²) in [5, 5.41) is 3.87. The summed E-state index contributed by atoms with van der Waals surface area (Å²) >= 11 is 1.56. The largest absolute Gasteiger partial charge is 0.298 e. The first-order valence-electron chi connectivity index (χ1n) is 3.44. The van der Waals surface area contributed by atoms with Crippen molar-refractivity contribution in [2.45, 2.75) is 13.8 Å². The molecule has 11 heavy (non-hydrogen) atoms. The maximum atomic E-state index is 10.5. The van der Waals surface area contributed by atoms with Crippen LogP contribution in [0.4, 0.5) is 0 Å². The Morgan fingerprint density at radius 3 is 2.82 bits per heavy atom. The van der Waals surface area contributed by atoms with E-state index in [1.165, 1.54) is 0 Å². The fraction of sp³-hybridized carbons (Fsp3) is 0.222. The summed E-state index contributed by atoms with van der Waals surface area (Å²) in [4.78, 5) is 10.5. The third-order valence-corrected chi connectivity index (χ3v) is 2.44. The molecular formula is C9H10OS. The average molecular weight is 166 g/mol. The van der Waals surface area contributed by atoms with Gasteiger partial charge in [0, 0.05) is 10.9 Å². The highest BCUT2D eigenvalue weighted by Crippen LogP contribution is 2.21. The summed E-state index contributed by atoms with van der Waals surface area (Å²) in [7, 11) is 0. The van der Waals surface area contributed by atoms with E-state index < -0.39 is 0 Å². The van der Waals surface area contributed by atoms with Crippen molar-refractivity contribution in [2.75, 3.05) is 0 Å². The maximum Gasteiger partial charge on any atom is 0.151 e. The van der Waals surface area contributed by atoms with Crippen molar-refractivity contribution in [3.05, 3.63) is 28.0 Å². The van der Waals surface area contributed by atoms with Crippen LogP contribution in [0.2, 0.25) is 0 Å². The summed E-state index contributed by atoms with van der Waals surface area (Å²) in [6.07, 6.45) is 2.91. The molecule has 0 N–H and O–H groups in total. The third kappa shape index (κ3) is 1.57. The molecule has 0 radical (unpaired) electrons. The Morgan fingerprint density at radius 2 is 2.27 bits per heavy atom. The van der Waals surface area contributed by atoms with Crippen LogP contribution in [-0.4, -0.2) is 6.29 Å². The van der Waals surface area contributed by atoms with Crippen LogP contribution in [0.3, 0.4) is 0 Å². The van der Waals surface area contributed by atoms with E-state index >= 15 is 0 Å². The van der Waals surface area contributed by atoms with Gasteiger partial charge in [-0.3, -0.25) is 4.79 Å². The number of rotatable bonds is 2. The molecule has 0 unspecified atom stereocenters. The lowest BCUT2D eigenvalue weighted by molar-refractivity contribution is 0.112. The average Bonchev–Trinajstić information content (AvgIpc) is 2.50. The molecule has 0 bridgehead atoms. The smallest absolute Gasteiger partial charge is 0.151 e. The van der Waals surface area contributed by atoms with E-state index in [0.29, 0.717) is 0 Å². The standard InChI is InChI=1S/C9H10OS/c1-3-7(2)9-6-11-5-8(9)4-10/h3-6H,1-2H3/b7-3-. The molecule has 2 heteroatoms. The van der Waals surface area contributed by atoms with Crippen molar-refractivity contribution in [1.29, 1.82) is 0 Å². The number of carbonyl (C=O) groups is 1. The minimum atomic E-state index is 0.797. The van der Waals surface area contributed by atoms with E-state index in [0.717, 1.165) is 23.0 Å². The predicted octanol–water partition coefficient (Wildman–Crippen LogP) is 2.98. The number of hydrogen-bond acceptors (Lipinski definition) is 2. The van der Waals surface area contributed by atoms with Crippen molar-refractivity contribution in [1.82, 2.24) is 0 Å². The van der Waals surface area contributed by atoms with Gasteiger partial charge in [-0.1, -0.05) is 6.08 Å². The molecule has 0 amide bonds. The van der Waals surface area contributed by atoms with Crippen LogP contribution in [0.1, 0.15) is 29.8 Å². The maximum absolute atomic E-state index is 10.5. The number of aldehydes is 1. The van der Waals surface area contributed by atoms with Gasteiger partial charge in [-0.2, -0.15) is 11.3 Å². The van der Waals surface area contributed by atoms with E-state index in [4.69, 9.17) is 0 Å². The molecule has 1 nitrogen and oxygen atoms in total. The van der Waals surface area contributed by atoms with Gasteiger partial charge in [-0.25, -0.2) is 0 Å². The highest BCUT2D eigenvalue weighted by Gasteiger charge is 2.02. The van der Waals surface area contributed by atoms with Gasteiger partial charge in [0.1, 0.15) is 0 Å². The van der Waals surface area contributed by atoms with E-state index in [1.807, 2.05) is 30.7 Å². The Labute approximate surface area is 70.4 Å². The van der Waals surface area contributed by atoms with Crippen molar-refractivity contribution >= 4 is 23.2 Å². The summed E-state index contributed by atoms with van der Waals surface area (Å²) in [5.74, 6) is 0. The lowest BCUT2D eigenvalue weighted by atomic mass is 10.1. The van der Waals surface area contributed by atoms with Crippen LogP contribution in [0.5, 0.6) is 0 Å². The van der Waals surface area contributed by atoms with E-state index in [-0.39, 0.29) is 0 Å². The van der Waals surface area contributed by atoms with Gasteiger partial charge in [0.2, 0.25) is 0 Å². The van der Waals surface area contributed by atoms with Crippen LogP contribution in [-0.2, 0) is 0 Å². The Hall–Kier alpha value is -0.890. The number of thiophene rings is 1. The lowest BCUT2D eigenvalue weighted by Gasteiger charge is -1.95. The lowest BCUT2D eigenvalue weighted by Crippen LogP contribution is -1.82. The van der Waals surface area contributed by atoms with Gasteiger partial charge >= 0.3 is 0 Å². The normalized spacial score (nSPS) is 11.6. The van der Waals surface area contributed by atoms with Crippen molar-refractivity contribution < 1.29 is 4.79 Å². The van der Waals surface area contributed by atoms with Gasteiger partial charge < -0.3 is 0 Å². The van der Waals surface area contributed by atoms with Gasteiger partial charge in [0.25, 0.3) is 0 Å². The van der Waals surface area contributed by atoms with Crippen LogP contribution < -0.4 is 0 Å². The Kier molecular flexibility index (Phi) is 2.60. The van der Waals surface area contributed by atoms with Crippen LogP contribution in [0.15, 0.2) is 16.8 Å². The SMILES string of the molecule is C/C=C(/C)c1cscc1C=O. The quantitative estimate of drug-likeness (QED) is 0.617. The van der Waals surface area contributed by atoms with Crippen LogP contribution in [0, 0.1) is 0 Å². The van der Waals surface area contributed by atoms with Crippen molar-refractivity contribution in [3.8, 4) is 0 Å². The zero-order valence-corrected chi connectivity index (χ0v) is 7.44. The molecule has 0 aliphatic heterocycles. The molecule has 0 fully saturated rings. The van der Waals surface area contributed by atoms with Crippen LogP contribution in [0.25, 0.3) is 5.57 Å². The zero-order valence-electron chi connectivity index (χ0n) is 6.63. The predicted molar refractivity (Wildman–Crippen MR) is 49.0 cm³/mol. The third-order valence-electron chi connectivity index (χ3n) is 1.68. The second kappa shape index (κ2) is 3.49. The highest BCUT2D eigenvalue weighted by molar-refractivity contribution is 7.08. The second-order valence-corrected chi connectivity index (χ2v) is 3.07. The minimum Gasteiger partial charge on any atom is -0.298 e. The molecule has 0 saturated heterocycles. The Morgan fingerprint density at radius 1 is 1.55 bits per heavy atom. The van der Waals surface area contributed by atoms with E-state index in [2.05, 4.69) is 0 Å². The molecule has 0 aliphatic rings. The van der Waals surface area contributed by atoms with Gasteiger partial charge in [0.05, 0.1) is 0 Å². The summed E-state index contributed by atoms with van der Waals surface area (Å²) in [6, 6.07) is 0. The number of carbonyl (C=O) groups excluding carboxylic acids is 1. The molecular weight excluding hydrogens is 156 g/mol. The molecule has 58 valence electrons. The fourth-order valence-electron chi connectivity index (χ4n) is 0.874. The topological polar surface area (TPSA) is 17.1 Å². The number of allylic oxidation sites excluding steroid dienone is 2. The summed E-state index contributed by atoms with van der Waals surface area (Å²) in [6.45, 7) is 3.98. The van der Waals surface area contributed by atoms with E-state index in [9.17, 15) is 4.79 Å². The molecule has 0 atom stereocenters. The molecule has 1 aromatic rings. The number of hydrogen-bond donors (Lipinski definition) is 0. The molecule has 0 aromatic carbocycles. The molecule has 1 aromatic heterocycles. The summed E-state index contributed by atoms with van der Waals surface area (Å²) < 4.78 is 0. The molecule has 0 aliphatic carbocycles. The Balaban J connectivity index is 3.12. The highest BCUT2D eigenvalue weighted by atomic mass is 32.1.